The Morgan fingerprint density at radius 2 is 2.00 bits per heavy atom. The highest BCUT2D eigenvalue weighted by Crippen LogP contribution is 2.65. The Morgan fingerprint density at radius 3 is 2.70 bits per heavy atom. The number of rotatable bonds is 4. The SMILES string of the molecule is CN1CCC(C(=O)Nc2cnc3[nH]cc(C=C4N=C(NC5CC6CCC5(C)C6(C)C)NC4=O)c3c2)CC1. The molecule has 2 aromatic rings. The van der Waals surface area contributed by atoms with Crippen LogP contribution >= 0.6 is 0 Å². The zero-order valence-corrected chi connectivity index (χ0v) is 22.1. The normalized spacial score (nSPS) is 30.6. The Labute approximate surface area is 217 Å². The van der Waals surface area contributed by atoms with Crippen molar-refractivity contribution in [3.8, 4) is 0 Å². The first-order chi connectivity index (χ1) is 17.6. The van der Waals surface area contributed by atoms with E-state index >= 15 is 0 Å². The van der Waals surface area contributed by atoms with Crippen LogP contribution in [0.25, 0.3) is 17.1 Å². The number of likely N-dealkylation sites (tertiary alicyclic amines) is 1. The van der Waals surface area contributed by atoms with Gasteiger partial charge in [0.05, 0.1) is 11.9 Å². The second-order valence-electron chi connectivity index (χ2n) is 12.2. The fraction of sp³-hybridized carbons (Fsp3) is 0.571. The number of nitrogens with zero attached hydrogens (tertiary/aromatic N) is 3. The first-order valence-corrected chi connectivity index (χ1v) is 13.5. The lowest BCUT2D eigenvalue weighted by Crippen LogP contribution is -2.50. The summed E-state index contributed by atoms with van der Waals surface area (Å²) in [5.74, 6) is 1.08. The number of aromatic amines is 1. The zero-order chi connectivity index (χ0) is 25.9. The van der Waals surface area contributed by atoms with Crippen molar-refractivity contribution in [2.45, 2.75) is 58.9 Å². The predicted octanol–water partition coefficient (Wildman–Crippen LogP) is 3.47. The number of aliphatic imine (C=N–C) groups is 1. The van der Waals surface area contributed by atoms with Crippen LogP contribution in [-0.4, -0.2) is 58.8 Å². The number of nitrogens with one attached hydrogen (secondary N) is 4. The van der Waals surface area contributed by atoms with Crippen LogP contribution in [0.2, 0.25) is 0 Å². The van der Waals surface area contributed by atoms with Crippen molar-refractivity contribution in [2.75, 3.05) is 25.5 Å². The minimum atomic E-state index is -0.218. The third-order valence-corrected chi connectivity index (χ3v) is 10.0. The minimum Gasteiger partial charge on any atom is -0.352 e. The van der Waals surface area contributed by atoms with Crippen molar-refractivity contribution < 1.29 is 9.59 Å². The van der Waals surface area contributed by atoms with Crippen molar-refractivity contribution in [1.29, 1.82) is 0 Å². The molecular formula is C28H37N7O2. The van der Waals surface area contributed by atoms with Gasteiger partial charge in [0.1, 0.15) is 11.3 Å². The first-order valence-electron chi connectivity index (χ1n) is 13.5. The van der Waals surface area contributed by atoms with E-state index in [-0.39, 0.29) is 28.6 Å². The molecule has 1 saturated heterocycles. The molecule has 3 atom stereocenters. The molecule has 3 fully saturated rings. The van der Waals surface area contributed by atoms with E-state index in [1.807, 2.05) is 12.3 Å². The number of carbonyl (C=O) groups is 2. The van der Waals surface area contributed by atoms with Gasteiger partial charge in [0, 0.05) is 29.1 Å². The van der Waals surface area contributed by atoms with E-state index in [1.54, 1.807) is 12.3 Å². The summed E-state index contributed by atoms with van der Waals surface area (Å²) >= 11 is 0. The number of hydrogen-bond acceptors (Lipinski definition) is 6. The highest BCUT2D eigenvalue weighted by Gasteiger charge is 2.61. The van der Waals surface area contributed by atoms with Crippen LogP contribution in [0.15, 0.2) is 29.1 Å². The van der Waals surface area contributed by atoms with Crippen LogP contribution < -0.4 is 16.0 Å². The standard InChI is InChI=1S/C28H37N7O2/c1-27(2)18-5-8-28(27,3)22(12-18)33-26-32-21(25(37)34-26)11-17-14-29-23-20(17)13-19(15-30-23)31-24(36)16-6-9-35(4)10-7-16/h11,13-16,18,22H,5-10,12H2,1-4H3,(H,29,30)(H,31,36)(H2,32,33,34,37). The lowest BCUT2D eigenvalue weighted by molar-refractivity contribution is -0.121. The second kappa shape index (κ2) is 8.68. The average Bonchev–Trinajstić information content (AvgIpc) is 3.53. The third-order valence-electron chi connectivity index (χ3n) is 10.0. The molecule has 2 saturated carbocycles. The van der Waals surface area contributed by atoms with E-state index < -0.39 is 0 Å². The van der Waals surface area contributed by atoms with Gasteiger partial charge in [-0.25, -0.2) is 9.98 Å². The Hall–Kier alpha value is -3.20. The van der Waals surface area contributed by atoms with E-state index in [4.69, 9.17) is 0 Å². The molecule has 2 aromatic heterocycles. The Morgan fingerprint density at radius 1 is 1.22 bits per heavy atom. The lowest BCUT2D eigenvalue weighted by atomic mass is 9.69. The molecule has 3 unspecified atom stereocenters. The molecule has 9 heteroatoms. The van der Waals surface area contributed by atoms with Crippen molar-refractivity contribution >= 4 is 40.6 Å². The van der Waals surface area contributed by atoms with Crippen LogP contribution in [0.1, 0.15) is 58.4 Å². The van der Waals surface area contributed by atoms with E-state index in [1.165, 1.54) is 12.8 Å². The molecule has 4 N–H and O–H groups in total. The van der Waals surface area contributed by atoms with Gasteiger partial charge in [0.2, 0.25) is 11.9 Å². The molecule has 0 spiro atoms. The number of aromatic nitrogens is 2. The van der Waals surface area contributed by atoms with Gasteiger partial charge in [-0.3, -0.25) is 14.9 Å². The van der Waals surface area contributed by atoms with Gasteiger partial charge in [-0.15, -0.1) is 0 Å². The van der Waals surface area contributed by atoms with Gasteiger partial charge >= 0.3 is 0 Å². The fourth-order valence-electron chi connectivity index (χ4n) is 7.00. The Kier molecular flexibility index (Phi) is 5.67. The van der Waals surface area contributed by atoms with Crippen LogP contribution in [-0.2, 0) is 9.59 Å². The number of carbonyl (C=O) groups excluding carboxylic acids is 2. The van der Waals surface area contributed by atoms with Gasteiger partial charge in [0.25, 0.3) is 5.91 Å². The third kappa shape index (κ3) is 4.04. The van der Waals surface area contributed by atoms with E-state index in [2.05, 4.69) is 63.6 Å². The maximum Gasteiger partial charge on any atom is 0.276 e. The fourth-order valence-corrected chi connectivity index (χ4v) is 7.00. The van der Waals surface area contributed by atoms with Gasteiger partial charge in [-0.2, -0.15) is 0 Å². The predicted molar refractivity (Wildman–Crippen MR) is 145 cm³/mol. The molecule has 196 valence electrons. The summed E-state index contributed by atoms with van der Waals surface area (Å²) in [4.78, 5) is 40.1. The van der Waals surface area contributed by atoms with Crippen LogP contribution in [0.5, 0.6) is 0 Å². The number of fused-ring (bicyclic) bond motifs is 3. The van der Waals surface area contributed by atoms with E-state index in [0.29, 0.717) is 35.0 Å². The molecule has 9 nitrogen and oxygen atoms in total. The zero-order valence-electron chi connectivity index (χ0n) is 22.1. The lowest BCUT2D eigenvalue weighted by Gasteiger charge is -2.39. The summed E-state index contributed by atoms with van der Waals surface area (Å²) in [6.45, 7) is 8.99. The summed E-state index contributed by atoms with van der Waals surface area (Å²) in [6, 6.07) is 2.21. The highest BCUT2D eigenvalue weighted by atomic mass is 16.2. The summed E-state index contributed by atoms with van der Waals surface area (Å²) < 4.78 is 0. The molecule has 0 radical (unpaired) electrons. The smallest absolute Gasteiger partial charge is 0.276 e. The summed E-state index contributed by atoms with van der Waals surface area (Å²) in [7, 11) is 2.08. The van der Waals surface area contributed by atoms with Crippen LogP contribution in [0, 0.1) is 22.7 Å². The summed E-state index contributed by atoms with van der Waals surface area (Å²) in [5, 5.41) is 10.3. The molecule has 2 bridgehead atoms. The minimum absolute atomic E-state index is 0.0186. The maximum atomic E-state index is 12.8. The van der Waals surface area contributed by atoms with Crippen molar-refractivity contribution in [1.82, 2.24) is 25.5 Å². The Balaban J connectivity index is 1.19. The number of amides is 2. The van der Waals surface area contributed by atoms with Gasteiger partial charge in [-0.1, -0.05) is 20.8 Å². The molecule has 4 heterocycles. The molecule has 2 aliphatic heterocycles. The monoisotopic (exact) mass is 503 g/mol. The van der Waals surface area contributed by atoms with Gasteiger partial charge in [-0.05, 0) is 81.1 Å². The number of anilines is 1. The molecule has 2 amide bonds. The number of H-pyrrole nitrogens is 1. The van der Waals surface area contributed by atoms with Gasteiger partial charge < -0.3 is 20.5 Å². The summed E-state index contributed by atoms with van der Waals surface area (Å²) in [5.41, 5.74) is 2.99. The molecule has 6 rings (SSSR count). The van der Waals surface area contributed by atoms with E-state index in [9.17, 15) is 9.59 Å². The van der Waals surface area contributed by atoms with Crippen molar-refractivity contribution in [3.05, 3.63) is 29.7 Å². The quantitative estimate of drug-likeness (QED) is 0.477. The molecule has 2 aliphatic carbocycles. The van der Waals surface area contributed by atoms with Crippen LogP contribution in [0.4, 0.5) is 5.69 Å². The number of pyridine rings is 1. The molecular weight excluding hydrogens is 466 g/mol. The number of guanidine groups is 1. The largest absolute Gasteiger partial charge is 0.352 e. The highest BCUT2D eigenvalue weighted by molar-refractivity contribution is 6.14. The van der Waals surface area contributed by atoms with Crippen molar-refractivity contribution in [3.63, 3.8) is 0 Å². The topological polar surface area (TPSA) is 115 Å². The molecule has 4 aliphatic rings. The maximum absolute atomic E-state index is 12.8. The first kappa shape index (κ1) is 24.2. The molecule has 37 heavy (non-hydrogen) atoms. The Bertz CT molecular complexity index is 1320. The van der Waals surface area contributed by atoms with Gasteiger partial charge in [0.15, 0.2) is 0 Å². The summed E-state index contributed by atoms with van der Waals surface area (Å²) in [6.07, 6.45) is 10.6. The number of hydrogen-bond donors (Lipinski definition) is 4. The van der Waals surface area contributed by atoms with Crippen LogP contribution in [0.3, 0.4) is 0 Å². The second-order valence-corrected chi connectivity index (χ2v) is 12.2. The van der Waals surface area contributed by atoms with Crippen molar-refractivity contribution in [2.24, 2.45) is 27.7 Å². The average molecular weight is 504 g/mol. The number of piperidine rings is 1. The molecule has 0 aromatic carbocycles. The van der Waals surface area contributed by atoms with E-state index in [0.717, 1.165) is 43.3 Å².